The summed E-state index contributed by atoms with van der Waals surface area (Å²) in [4.78, 5) is -0.159. The van der Waals surface area contributed by atoms with E-state index in [9.17, 15) is 21.9 Å². The highest BCUT2D eigenvalue weighted by atomic mass is 32.2. The van der Waals surface area contributed by atoms with Crippen molar-refractivity contribution >= 4 is 20.2 Å². The van der Waals surface area contributed by atoms with Crippen LogP contribution in [-0.2, 0) is 33.3 Å². The molecule has 2 aromatic rings. The van der Waals surface area contributed by atoms with Crippen molar-refractivity contribution in [3.05, 3.63) is 59.7 Å². The summed E-state index contributed by atoms with van der Waals surface area (Å²) in [5, 5.41) is 9.92. The van der Waals surface area contributed by atoms with Gasteiger partial charge in [0, 0.05) is 6.42 Å². The number of hydrogen-bond donors (Lipinski definition) is 1. The molecular formula is C20H24O8S2. The third kappa shape index (κ3) is 5.26. The second-order valence-electron chi connectivity index (χ2n) is 7.26. The van der Waals surface area contributed by atoms with Crippen molar-refractivity contribution in [1.82, 2.24) is 0 Å². The van der Waals surface area contributed by atoms with E-state index in [0.29, 0.717) is 0 Å². The Bertz CT molecular complexity index is 1080. The van der Waals surface area contributed by atoms with Crippen LogP contribution in [-0.4, -0.2) is 46.5 Å². The molecule has 0 amide bonds. The molecule has 0 bridgehead atoms. The van der Waals surface area contributed by atoms with Crippen LogP contribution < -0.4 is 0 Å². The number of aliphatic hydroxyl groups is 1. The van der Waals surface area contributed by atoms with Crippen molar-refractivity contribution < 1.29 is 35.0 Å². The number of aliphatic hydroxyl groups excluding tert-OH is 1. The van der Waals surface area contributed by atoms with Gasteiger partial charge in [0.1, 0.15) is 12.2 Å². The number of hydrogen-bond acceptors (Lipinski definition) is 8. The average molecular weight is 457 g/mol. The molecule has 0 aliphatic carbocycles. The highest BCUT2D eigenvalue weighted by Crippen LogP contribution is 2.30. The first kappa shape index (κ1) is 22.9. The summed E-state index contributed by atoms with van der Waals surface area (Å²) in [6, 6.07) is 12.1. The molecule has 1 heterocycles. The van der Waals surface area contributed by atoms with E-state index in [1.807, 2.05) is 13.8 Å². The van der Waals surface area contributed by atoms with Crippen molar-refractivity contribution in [3.8, 4) is 0 Å². The lowest BCUT2D eigenvalue weighted by atomic mass is 10.0. The third-order valence-electron chi connectivity index (χ3n) is 4.74. The van der Waals surface area contributed by atoms with Crippen molar-refractivity contribution in [1.29, 1.82) is 0 Å². The van der Waals surface area contributed by atoms with Gasteiger partial charge in [0.05, 0.1) is 15.9 Å². The van der Waals surface area contributed by atoms with Gasteiger partial charge in [-0.05, 0) is 45.0 Å². The average Bonchev–Trinajstić information content (AvgIpc) is 2.65. The Balaban J connectivity index is 1.87. The van der Waals surface area contributed by atoms with Gasteiger partial charge in [0.2, 0.25) is 0 Å². The fourth-order valence-corrected chi connectivity index (χ4v) is 5.33. The van der Waals surface area contributed by atoms with Crippen LogP contribution in [0.5, 0.6) is 0 Å². The number of aryl methyl sites for hydroxylation is 2. The molecule has 0 aromatic heterocycles. The van der Waals surface area contributed by atoms with Crippen molar-refractivity contribution in [2.24, 2.45) is 0 Å². The Morgan fingerprint density at radius 3 is 1.73 bits per heavy atom. The van der Waals surface area contributed by atoms with Crippen LogP contribution in [0, 0.1) is 13.8 Å². The maximum atomic E-state index is 12.7. The quantitative estimate of drug-likeness (QED) is 0.658. The summed E-state index contributed by atoms with van der Waals surface area (Å²) in [5.41, 5.74) is 1.74. The zero-order chi connectivity index (χ0) is 22.1. The minimum absolute atomic E-state index is 0.0773. The summed E-state index contributed by atoms with van der Waals surface area (Å²) >= 11 is 0. The lowest BCUT2D eigenvalue weighted by Crippen LogP contribution is -2.50. The van der Waals surface area contributed by atoms with E-state index in [1.165, 1.54) is 31.2 Å². The zero-order valence-corrected chi connectivity index (χ0v) is 18.4. The van der Waals surface area contributed by atoms with Crippen LogP contribution >= 0.6 is 0 Å². The van der Waals surface area contributed by atoms with Crippen LogP contribution in [0.3, 0.4) is 0 Å². The molecule has 1 aliphatic heterocycles. The van der Waals surface area contributed by atoms with Gasteiger partial charge in [-0.1, -0.05) is 35.4 Å². The topological polar surface area (TPSA) is 116 Å². The first-order valence-corrected chi connectivity index (χ1v) is 12.1. The highest BCUT2D eigenvalue weighted by molar-refractivity contribution is 7.87. The zero-order valence-electron chi connectivity index (χ0n) is 16.8. The molecule has 8 nitrogen and oxygen atoms in total. The van der Waals surface area contributed by atoms with Crippen LogP contribution in [0.1, 0.15) is 24.5 Å². The molecule has 1 N–H and O–H groups in total. The smallest absolute Gasteiger partial charge is 0.297 e. The van der Waals surface area contributed by atoms with Crippen molar-refractivity contribution in [3.63, 3.8) is 0 Å². The summed E-state index contributed by atoms with van der Waals surface area (Å²) in [5.74, 6) is 0. The van der Waals surface area contributed by atoms with Crippen LogP contribution in [0.4, 0.5) is 0 Å². The first-order valence-electron chi connectivity index (χ1n) is 9.31. The molecule has 1 saturated heterocycles. The predicted octanol–water partition coefficient (Wildman–Crippen LogP) is 2.28. The minimum Gasteiger partial charge on any atom is -0.368 e. The molecule has 164 valence electrons. The predicted molar refractivity (Wildman–Crippen MR) is 108 cm³/mol. The Morgan fingerprint density at radius 1 is 0.833 bits per heavy atom. The summed E-state index contributed by atoms with van der Waals surface area (Å²) in [6.07, 6.45) is -5.08. The Kier molecular flexibility index (Phi) is 6.66. The number of rotatable bonds is 6. The van der Waals surface area contributed by atoms with Crippen molar-refractivity contribution in [2.45, 2.75) is 61.6 Å². The van der Waals surface area contributed by atoms with E-state index in [-0.39, 0.29) is 16.2 Å². The molecule has 4 atom stereocenters. The molecule has 1 fully saturated rings. The van der Waals surface area contributed by atoms with E-state index in [1.54, 1.807) is 24.3 Å². The van der Waals surface area contributed by atoms with Gasteiger partial charge in [-0.15, -0.1) is 0 Å². The molecule has 0 spiro atoms. The first-order chi connectivity index (χ1) is 14.0. The normalized spacial score (nSPS) is 25.2. The standard InChI is InChI=1S/C20H24O8S2/c1-13-4-8-16(9-5-13)29(22,23)27-18-12-19(21)26-15(3)20(18)28-30(24,25)17-10-6-14(2)7-11-17/h4-11,15,18-21H,12H2,1-3H3/t15-,18+,19+,20+/m1/s1. The van der Waals surface area contributed by atoms with Gasteiger partial charge < -0.3 is 9.84 Å². The van der Waals surface area contributed by atoms with Crippen LogP contribution in [0.15, 0.2) is 58.3 Å². The van der Waals surface area contributed by atoms with E-state index >= 15 is 0 Å². The second kappa shape index (κ2) is 8.74. The van der Waals surface area contributed by atoms with Gasteiger partial charge in [-0.3, -0.25) is 8.37 Å². The van der Waals surface area contributed by atoms with Crippen molar-refractivity contribution in [2.75, 3.05) is 0 Å². The largest absolute Gasteiger partial charge is 0.368 e. The summed E-state index contributed by atoms with van der Waals surface area (Å²) in [6.45, 7) is 5.11. The van der Waals surface area contributed by atoms with E-state index < -0.39 is 44.8 Å². The van der Waals surface area contributed by atoms with E-state index in [2.05, 4.69) is 0 Å². The molecular weight excluding hydrogens is 432 g/mol. The Morgan fingerprint density at radius 2 is 1.27 bits per heavy atom. The molecule has 0 radical (unpaired) electrons. The lowest BCUT2D eigenvalue weighted by Gasteiger charge is -2.37. The molecule has 0 saturated carbocycles. The van der Waals surface area contributed by atoms with Gasteiger partial charge in [0.15, 0.2) is 6.29 Å². The van der Waals surface area contributed by atoms with Gasteiger partial charge in [-0.25, -0.2) is 0 Å². The monoisotopic (exact) mass is 456 g/mol. The number of benzene rings is 2. The Hall–Kier alpha value is -1.82. The molecule has 10 heteroatoms. The summed E-state index contributed by atoms with van der Waals surface area (Å²) in [7, 11) is -8.45. The molecule has 0 unspecified atom stereocenters. The van der Waals surface area contributed by atoms with E-state index in [0.717, 1.165) is 11.1 Å². The molecule has 30 heavy (non-hydrogen) atoms. The SMILES string of the molecule is Cc1ccc(S(=O)(=O)O[C@@H]2[C@@H](OS(=O)(=O)c3ccc(C)cc3)C[C@@H](O)O[C@@H]2C)cc1. The van der Waals surface area contributed by atoms with Crippen LogP contribution in [0.2, 0.25) is 0 Å². The third-order valence-corrected chi connectivity index (χ3v) is 7.42. The lowest BCUT2D eigenvalue weighted by molar-refractivity contribution is -0.214. The maximum Gasteiger partial charge on any atom is 0.297 e. The Labute approximate surface area is 176 Å². The van der Waals surface area contributed by atoms with E-state index in [4.69, 9.17) is 13.1 Å². The molecule has 1 aliphatic rings. The van der Waals surface area contributed by atoms with Gasteiger partial charge >= 0.3 is 0 Å². The molecule has 3 rings (SSSR count). The maximum absolute atomic E-state index is 12.7. The minimum atomic E-state index is -4.22. The summed E-state index contributed by atoms with van der Waals surface area (Å²) < 4.78 is 66.7. The van der Waals surface area contributed by atoms with Gasteiger partial charge in [-0.2, -0.15) is 16.8 Å². The number of ether oxygens (including phenoxy) is 1. The second-order valence-corrected chi connectivity index (χ2v) is 10.4. The fraction of sp³-hybridized carbons (Fsp3) is 0.400. The molecule has 2 aromatic carbocycles. The van der Waals surface area contributed by atoms with Gasteiger partial charge in [0.25, 0.3) is 20.2 Å². The highest BCUT2D eigenvalue weighted by Gasteiger charge is 2.43. The van der Waals surface area contributed by atoms with Crippen LogP contribution in [0.25, 0.3) is 0 Å². The fourth-order valence-electron chi connectivity index (χ4n) is 3.08.